The zero-order valence-corrected chi connectivity index (χ0v) is 12.0. The predicted octanol–water partition coefficient (Wildman–Crippen LogP) is 3.04. The van der Waals surface area contributed by atoms with E-state index in [0.29, 0.717) is 12.1 Å². The number of benzene rings is 1. The molecule has 0 saturated carbocycles. The molecule has 0 aromatic heterocycles. The van der Waals surface area contributed by atoms with Crippen LogP contribution in [0.15, 0.2) is 24.3 Å². The molecule has 1 aromatic rings. The summed E-state index contributed by atoms with van der Waals surface area (Å²) in [6.07, 6.45) is 4.11. The molecule has 1 aromatic carbocycles. The van der Waals surface area contributed by atoms with Gasteiger partial charge in [0.2, 0.25) is 0 Å². The number of carbonyl (C=O) groups is 1. The second-order valence-corrected chi connectivity index (χ2v) is 5.60. The minimum Gasteiger partial charge on any atom is -0.508 e. The monoisotopic (exact) mass is 267 g/mol. The van der Waals surface area contributed by atoms with E-state index in [1.165, 1.54) is 6.07 Å². The lowest BCUT2D eigenvalue weighted by atomic mass is 10.0. The zero-order chi connectivity index (χ0) is 13.6. The number of carbonyl (C=O) groups excluding carboxylic acids is 1. The van der Waals surface area contributed by atoms with Crippen LogP contribution in [0.1, 0.15) is 37.0 Å². The van der Waals surface area contributed by atoms with Gasteiger partial charge < -0.3 is 10.4 Å². The average Bonchev–Trinajstić information content (AvgIpc) is 2.40. The van der Waals surface area contributed by atoms with Crippen LogP contribution in [-0.2, 0) is 0 Å². The summed E-state index contributed by atoms with van der Waals surface area (Å²) in [5.41, 5.74) is 0.497. The van der Waals surface area contributed by atoms with E-state index in [4.69, 9.17) is 0 Å². The molecule has 0 aliphatic heterocycles. The summed E-state index contributed by atoms with van der Waals surface area (Å²) >= 11 is 1.79. The highest BCUT2D eigenvalue weighted by Crippen LogP contribution is 2.29. The number of phenolic OH excluding ortho intramolecular Hbond substituents is 1. The van der Waals surface area contributed by atoms with E-state index in [9.17, 15) is 9.90 Å². The van der Waals surface area contributed by atoms with Crippen LogP contribution >= 0.6 is 11.8 Å². The number of nitrogens with one attached hydrogen (secondary N) is 1. The summed E-state index contributed by atoms with van der Waals surface area (Å²) in [6, 6.07) is 6.41. The molecule has 0 heterocycles. The molecule has 1 rings (SSSR count). The second kappa shape index (κ2) is 6.69. The first kappa shape index (κ1) is 14.9. The molecule has 0 spiro atoms. The van der Waals surface area contributed by atoms with Gasteiger partial charge in [0.05, 0.1) is 0 Å². The van der Waals surface area contributed by atoms with Gasteiger partial charge in [0.1, 0.15) is 5.75 Å². The molecule has 0 bridgehead atoms. The van der Waals surface area contributed by atoms with Gasteiger partial charge in [-0.2, -0.15) is 11.8 Å². The van der Waals surface area contributed by atoms with Crippen molar-refractivity contribution < 1.29 is 9.90 Å². The standard InChI is InChI=1S/C14H21NO2S/c1-4-14(5-2,18-3)10-15-13(17)11-7-6-8-12(16)9-11/h6-9,16H,4-5,10H2,1-3H3,(H,15,17). The highest BCUT2D eigenvalue weighted by atomic mass is 32.2. The van der Waals surface area contributed by atoms with E-state index in [1.807, 2.05) is 0 Å². The van der Waals surface area contributed by atoms with Gasteiger partial charge >= 0.3 is 0 Å². The first-order valence-electron chi connectivity index (χ1n) is 6.19. The highest BCUT2D eigenvalue weighted by Gasteiger charge is 2.25. The third-order valence-electron chi connectivity index (χ3n) is 3.40. The number of hydrogen-bond acceptors (Lipinski definition) is 3. The van der Waals surface area contributed by atoms with Crippen molar-refractivity contribution in [2.45, 2.75) is 31.4 Å². The summed E-state index contributed by atoms with van der Waals surface area (Å²) in [5, 5.41) is 12.3. The Morgan fingerprint density at radius 2 is 2.06 bits per heavy atom. The second-order valence-electron chi connectivity index (χ2n) is 4.33. The molecular formula is C14H21NO2S. The minimum atomic E-state index is -0.133. The van der Waals surface area contributed by atoms with Gasteiger partial charge in [-0.05, 0) is 37.3 Å². The zero-order valence-electron chi connectivity index (χ0n) is 11.2. The number of aromatic hydroxyl groups is 1. The lowest BCUT2D eigenvalue weighted by Crippen LogP contribution is -2.39. The van der Waals surface area contributed by atoms with E-state index in [-0.39, 0.29) is 16.4 Å². The van der Waals surface area contributed by atoms with Gasteiger partial charge in [-0.25, -0.2) is 0 Å². The quantitative estimate of drug-likeness (QED) is 0.833. The van der Waals surface area contributed by atoms with Crippen LogP contribution in [-0.4, -0.2) is 28.6 Å². The molecule has 100 valence electrons. The molecule has 0 radical (unpaired) electrons. The Bertz CT molecular complexity index is 394. The summed E-state index contributed by atoms with van der Waals surface area (Å²) in [4.78, 5) is 12.0. The Kier molecular flexibility index (Phi) is 5.54. The topological polar surface area (TPSA) is 49.3 Å². The maximum Gasteiger partial charge on any atom is 0.251 e. The molecule has 0 fully saturated rings. The fourth-order valence-corrected chi connectivity index (χ4v) is 2.65. The molecule has 0 atom stereocenters. The SMILES string of the molecule is CCC(CC)(CNC(=O)c1cccc(O)c1)SC. The number of rotatable bonds is 6. The molecule has 2 N–H and O–H groups in total. The molecule has 0 aliphatic carbocycles. The van der Waals surface area contributed by atoms with E-state index in [2.05, 4.69) is 25.4 Å². The van der Waals surface area contributed by atoms with Crippen LogP contribution in [0.4, 0.5) is 0 Å². The number of hydrogen-bond donors (Lipinski definition) is 2. The molecule has 4 heteroatoms. The summed E-state index contributed by atoms with van der Waals surface area (Å²) in [7, 11) is 0. The first-order chi connectivity index (χ1) is 8.56. The molecule has 1 amide bonds. The van der Waals surface area contributed by atoms with Gasteiger partial charge in [-0.1, -0.05) is 19.9 Å². The lowest BCUT2D eigenvalue weighted by Gasteiger charge is -2.29. The summed E-state index contributed by atoms with van der Waals surface area (Å²) < 4.78 is 0.104. The molecule has 0 saturated heterocycles. The Morgan fingerprint density at radius 3 is 2.56 bits per heavy atom. The van der Waals surface area contributed by atoms with Gasteiger partial charge in [0, 0.05) is 16.9 Å². The van der Waals surface area contributed by atoms with Crippen LogP contribution in [0.3, 0.4) is 0 Å². The number of phenols is 1. The van der Waals surface area contributed by atoms with Crippen molar-refractivity contribution in [1.29, 1.82) is 0 Å². The van der Waals surface area contributed by atoms with Crippen molar-refractivity contribution >= 4 is 17.7 Å². The maximum absolute atomic E-state index is 12.0. The molecule has 0 aliphatic rings. The van der Waals surface area contributed by atoms with Crippen molar-refractivity contribution in [2.24, 2.45) is 0 Å². The van der Waals surface area contributed by atoms with E-state index < -0.39 is 0 Å². The van der Waals surface area contributed by atoms with Gasteiger partial charge in [-0.15, -0.1) is 0 Å². The molecular weight excluding hydrogens is 246 g/mol. The predicted molar refractivity (Wildman–Crippen MR) is 77.3 cm³/mol. The Balaban J connectivity index is 2.66. The van der Waals surface area contributed by atoms with Crippen molar-refractivity contribution in [3.8, 4) is 5.75 Å². The van der Waals surface area contributed by atoms with E-state index in [1.54, 1.807) is 30.0 Å². The van der Waals surface area contributed by atoms with Crippen molar-refractivity contribution in [1.82, 2.24) is 5.32 Å². The Morgan fingerprint density at radius 1 is 1.39 bits per heavy atom. The minimum absolute atomic E-state index is 0.104. The summed E-state index contributed by atoms with van der Waals surface area (Å²) in [6.45, 7) is 4.93. The van der Waals surface area contributed by atoms with Crippen LogP contribution in [0, 0.1) is 0 Å². The first-order valence-corrected chi connectivity index (χ1v) is 7.41. The van der Waals surface area contributed by atoms with Crippen LogP contribution in [0.5, 0.6) is 5.75 Å². The largest absolute Gasteiger partial charge is 0.508 e. The van der Waals surface area contributed by atoms with Gasteiger partial charge in [0.15, 0.2) is 0 Å². The van der Waals surface area contributed by atoms with Gasteiger partial charge in [-0.3, -0.25) is 4.79 Å². The normalized spacial score (nSPS) is 11.3. The Labute approximate surface area is 113 Å². The highest BCUT2D eigenvalue weighted by molar-refractivity contribution is 8.00. The van der Waals surface area contributed by atoms with E-state index in [0.717, 1.165) is 12.8 Å². The third kappa shape index (κ3) is 3.67. The van der Waals surface area contributed by atoms with E-state index >= 15 is 0 Å². The van der Waals surface area contributed by atoms with Crippen molar-refractivity contribution in [2.75, 3.05) is 12.8 Å². The van der Waals surface area contributed by atoms with Gasteiger partial charge in [0.25, 0.3) is 5.91 Å². The number of thioether (sulfide) groups is 1. The van der Waals surface area contributed by atoms with Crippen molar-refractivity contribution in [3.63, 3.8) is 0 Å². The maximum atomic E-state index is 12.0. The molecule has 0 unspecified atom stereocenters. The molecule has 3 nitrogen and oxygen atoms in total. The smallest absolute Gasteiger partial charge is 0.251 e. The molecule has 18 heavy (non-hydrogen) atoms. The van der Waals surface area contributed by atoms with Crippen LogP contribution < -0.4 is 5.32 Å². The fourth-order valence-electron chi connectivity index (χ4n) is 1.85. The lowest BCUT2D eigenvalue weighted by molar-refractivity contribution is 0.0948. The van der Waals surface area contributed by atoms with Crippen LogP contribution in [0.25, 0.3) is 0 Å². The van der Waals surface area contributed by atoms with Crippen LogP contribution in [0.2, 0.25) is 0 Å². The number of amides is 1. The average molecular weight is 267 g/mol. The summed E-state index contributed by atoms with van der Waals surface area (Å²) in [5.74, 6) is -0.0176. The fraction of sp³-hybridized carbons (Fsp3) is 0.500. The van der Waals surface area contributed by atoms with Crippen molar-refractivity contribution in [3.05, 3.63) is 29.8 Å². The third-order valence-corrected chi connectivity index (χ3v) is 4.99. The Hall–Kier alpha value is -1.16.